The lowest BCUT2D eigenvalue weighted by Crippen LogP contribution is -2.08. The second kappa shape index (κ2) is 5.09. The van der Waals surface area contributed by atoms with Gasteiger partial charge in [-0.25, -0.2) is 0 Å². The number of benzene rings is 1. The summed E-state index contributed by atoms with van der Waals surface area (Å²) in [6.07, 6.45) is 1.47. The Labute approximate surface area is 121 Å². The highest BCUT2D eigenvalue weighted by atomic mass is 35.5. The molecule has 3 aromatic rings. The molecular weight excluding hydrogens is 274 g/mol. The number of hydrogen-bond donors (Lipinski definition) is 1. The van der Waals surface area contributed by atoms with E-state index in [2.05, 4.69) is 20.4 Å². The van der Waals surface area contributed by atoms with Crippen molar-refractivity contribution in [2.24, 2.45) is 0 Å². The Morgan fingerprint density at radius 2 is 2.10 bits per heavy atom. The monoisotopic (exact) mass is 287 g/mol. The Hall–Kier alpha value is -2.14. The summed E-state index contributed by atoms with van der Waals surface area (Å²) in [7, 11) is 0. The Balaban J connectivity index is 2.36. The molecule has 0 bridgehead atoms. The molecule has 0 spiro atoms. The van der Waals surface area contributed by atoms with Crippen molar-refractivity contribution in [3.8, 4) is 11.1 Å². The Morgan fingerprint density at radius 1 is 1.30 bits per heavy atom. The normalized spacial score (nSPS) is 10.9. The molecule has 0 aliphatic rings. The fraction of sp³-hybridized carbons (Fsp3) is 0.214. The van der Waals surface area contributed by atoms with Gasteiger partial charge in [0.05, 0.1) is 5.56 Å². The van der Waals surface area contributed by atoms with E-state index in [1.54, 1.807) is 4.52 Å². The van der Waals surface area contributed by atoms with E-state index in [1.807, 2.05) is 38.1 Å². The molecule has 0 atom stereocenters. The first-order chi connectivity index (χ1) is 9.72. The van der Waals surface area contributed by atoms with Crippen molar-refractivity contribution >= 4 is 23.2 Å². The van der Waals surface area contributed by atoms with Crippen LogP contribution in [0.1, 0.15) is 12.5 Å². The molecule has 0 saturated heterocycles. The summed E-state index contributed by atoms with van der Waals surface area (Å²) in [5.41, 5.74) is 3.03. The van der Waals surface area contributed by atoms with Crippen LogP contribution in [0.15, 0.2) is 30.6 Å². The molecule has 0 saturated carbocycles. The van der Waals surface area contributed by atoms with E-state index in [1.165, 1.54) is 6.33 Å². The number of fused-ring (bicyclic) bond motifs is 1. The number of rotatable bonds is 3. The topological polar surface area (TPSA) is 55.1 Å². The molecule has 2 aromatic heterocycles. The summed E-state index contributed by atoms with van der Waals surface area (Å²) in [5, 5.41) is 7.95. The quantitative estimate of drug-likeness (QED) is 0.752. The van der Waals surface area contributed by atoms with Crippen LogP contribution in [0.2, 0.25) is 5.15 Å². The number of anilines is 1. The Bertz CT molecular complexity index is 765. The first-order valence-electron chi connectivity index (χ1n) is 6.41. The summed E-state index contributed by atoms with van der Waals surface area (Å²) < 4.78 is 1.68. The molecular formula is C14H14ClN5. The van der Waals surface area contributed by atoms with Gasteiger partial charge in [-0.3, -0.25) is 0 Å². The van der Waals surface area contributed by atoms with Gasteiger partial charge in [0.25, 0.3) is 5.78 Å². The van der Waals surface area contributed by atoms with Crippen molar-refractivity contribution in [2.45, 2.75) is 13.8 Å². The molecule has 0 unspecified atom stereocenters. The minimum Gasteiger partial charge on any atom is -0.370 e. The second-order valence-corrected chi connectivity index (χ2v) is 4.80. The maximum atomic E-state index is 6.38. The maximum absolute atomic E-state index is 6.38. The van der Waals surface area contributed by atoms with Crippen LogP contribution in [-0.4, -0.2) is 26.1 Å². The number of hydrogen-bond acceptors (Lipinski definition) is 4. The first-order valence-corrected chi connectivity index (χ1v) is 6.79. The molecule has 20 heavy (non-hydrogen) atoms. The van der Waals surface area contributed by atoms with Crippen LogP contribution in [0.3, 0.4) is 0 Å². The first kappa shape index (κ1) is 12.9. The van der Waals surface area contributed by atoms with Crippen molar-refractivity contribution in [2.75, 3.05) is 11.9 Å². The summed E-state index contributed by atoms with van der Waals surface area (Å²) in [6.45, 7) is 4.83. The van der Waals surface area contributed by atoms with E-state index in [9.17, 15) is 0 Å². The van der Waals surface area contributed by atoms with E-state index in [0.717, 1.165) is 29.1 Å². The summed E-state index contributed by atoms with van der Waals surface area (Å²) >= 11 is 6.38. The van der Waals surface area contributed by atoms with E-state index in [4.69, 9.17) is 11.6 Å². The lowest BCUT2D eigenvalue weighted by atomic mass is 10.0. The molecule has 1 N–H and O–H groups in total. The molecule has 0 radical (unpaired) electrons. The van der Waals surface area contributed by atoms with Gasteiger partial charge in [0.2, 0.25) is 0 Å². The minimum atomic E-state index is 0.427. The number of aryl methyl sites for hydroxylation is 1. The molecule has 5 nitrogen and oxygen atoms in total. The highest BCUT2D eigenvalue weighted by Crippen LogP contribution is 2.35. The van der Waals surface area contributed by atoms with Gasteiger partial charge in [-0.2, -0.15) is 19.6 Å². The molecule has 0 aliphatic heterocycles. The summed E-state index contributed by atoms with van der Waals surface area (Å²) in [4.78, 5) is 8.41. The minimum absolute atomic E-state index is 0.427. The molecule has 0 aliphatic carbocycles. The van der Waals surface area contributed by atoms with E-state index in [0.29, 0.717) is 10.9 Å². The third kappa shape index (κ3) is 2.00. The third-order valence-corrected chi connectivity index (χ3v) is 3.41. The van der Waals surface area contributed by atoms with Gasteiger partial charge < -0.3 is 5.32 Å². The Morgan fingerprint density at radius 3 is 2.85 bits per heavy atom. The zero-order chi connectivity index (χ0) is 14.1. The largest absolute Gasteiger partial charge is 0.370 e. The van der Waals surface area contributed by atoms with Crippen molar-refractivity contribution in [1.29, 1.82) is 0 Å². The van der Waals surface area contributed by atoms with Crippen LogP contribution in [0.5, 0.6) is 0 Å². The van der Waals surface area contributed by atoms with Gasteiger partial charge in [0, 0.05) is 6.54 Å². The molecule has 0 fully saturated rings. The van der Waals surface area contributed by atoms with E-state index in [-0.39, 0.29) is 0 Å². The van der Waals surface area contributed by atoms with E-state index >= 15 is 0 Å². The van der Waals surface area contributed by atoms with Crippen LogP contribution in [0, 0.1) is 6.92 Å². The standard InChI is InChI=1S/C14H14ClN5/c1-3-16-13-11(10-7-5-4-6-9(10)2)12(15)19-14-17-8-18-20(13)14/h4-8,16H,3H2,1-2H3. The van der Waals surface area contributed by atoms with Crippen LogP contribution < -0.4 is 5.32 Å². The zero-order valence-electron chi connectivity index (χ0n) is 11.3. The third-order valence-electron chi connectivity index (χ3n) is 3.14. The molecule has 0 amide bonds. The highest BCUT2D eigenvalue weighted by molar-refractivity contribution is 6.33. The second-order valence-electron chi connectivity index (χ2n) is 4.44. The van der Waals surface area contributed by atoms with Gasteiger partial charge in [0.15, 0.2) is 0 Å². The zero-order valence-corrected chi connectivity index (χ0v) is 12.0. The van der Waals surface area contributed by atoms with Crippen molar-refractivity contribution in [3.05, 3.63) is 41.3 Å². The van der Waals surface area contributed by atoms with Gasteiger partial charge in [-0.05, 0) is 25.0 Å². The summed E-state index contributed by atoms with van der Waals surface area (Å²) in [5.74, 6) is 1.30. The van der Waals surface area contributed by atoms with E-state index < -0.39 is 0 Å². The molecule has 2 heterocycles. The van der Waals surface area contributed by atoms with Crippen LogP contribution in [0.25, 0.3) is 16.9 Å². The maximum Gasteiger partial charge on any atom is 0.255 e. The van der Waals surface area contributed by atoms with Crippen molar-refractivity contribution < 1.29 is 0 Å². The Kier molecular flexibility index (Phi) is 3.28. The average molecular weight is 288 g/mol. The van der Waals surface area contributed by atoms with Gasteiger partial charge in [-0.1, -0.05) is 35.9 Å². The average Bonchev–Trinajstić information content (AvgIpc) is 2.88. The lowest BCUT2D eigenvalue weighted by molar-refractivity contribution is 0.933. The number of aromatic nitrogens is 4. The number of nitrogens with zero attached hydrogens (tertiary/aromatic N) is 4. The smallest absolute Gasteiger partial charge is 0.255 e. The molecule has 6 heteroatoms. The molecule has 102 valence electrons. The number of nitrogens with one attached hydrogen (secondary N) is 1. The van der Waals surface area contributed by atoms with Crippen molar-refractivity contribution in [3.63, 3.8) is 0 Å². The molecule has 3 rings (SSSR count). The van der Waals surface area contributed by atoms with Gasteiger partial charge >= 0.3 is 0 Å². The highest BCUT2D eigenvalue weighted by Gasteiger charge is 2.17. The van der Waals surface area contributed by atoms with Crippen LogP contribution >= 0.6 is 11.6 Å². The fourth-order valence-corrected chi connectivity index (χ4v) is 2.51. The summed E-state index contributed by atoms with van der Waals surface area (Å²) in [6, 6.07) is 8.07. The fourth-order valence-electron chi connectivity index (χ4n) is 2.24. The van der Waals surface area contributed by atoms with Crippen LogP contribution in [0.4, 0.5) is 5.82 Å². The van der Waals surface area contributed by atoms with Crippen molar-refractivity contribution in [1.82, 2.24) is 19.6 Å². The predicted molar refractivity (Wildman–Crippen MR) is 80.1 cm³/mol. The van der Waals surface area contributed by atoms with Gasteiger partial charge in [0.1, 0.15) is 17.3 Å². The van der Waals surface area contributed by atoms with Crippen LogP contribution in [-0.2, 0) is 0 Å². The molecule has 1 aromatic carbocycles. The van der Waals surface area contributed by atoms with Gasteiger partial charge in [-0.15, -0.1) is 0 Å². The SMILES string of the molecule is CCNc1c(-c2ccccc2C)c(Cl)nc2ncnn12. The predicted octanol–water partition coefficient (Wildman–Crippen LogP) is 3.18. The number of halogens is 1. The lowest BCUT2D eigenvalue weighted by Gasteiger charge is -2.15.